The van der Waals surface area contributed by atoms with E-state index in [1.54, 1.807) is 12.3 Å². The first-order chi connectivity index (χ1) is 8.54. The van der Waals surface area contributed by atoms with Crippen molar-refractivity contribution in [1.82, 2.24) is 0 Å². The first kappa shape index (κ1) is 16.0. The molecule has 0 aromatic carbocycles. The van der Waals surface area contributed by atoms with E-state index < -0.39 is 37.1 Å². The lowest BCUT2D eigenvalue weighted by atomic mass is 10.1. The Kier molecular flexibility index (Phi) is 5.39. The van der Waals surface area contributed by atoms with Crippen LogP contribution < -0.4 is 10.3 Å². The fraction of sp³-hybridized carbons (Fsp3) is 0.455. The lowest BCUT2D eigenvalue weighted by molar-refractivity contribution is -0.765. The Labute approximate surface area is 120 Å². The number of amides is 1. The fourth-order valence-electron chi connectivity index (χ4n) is 1.92. The second-order valence-electron chi connectivity index (χ2n) is 4.13. The zero-order valence-electron chi connectivity index (χ0n) is 9.92. The molecule has 0 saturated carbocycles. The molecule has 1 aliphatic rings. The number of aromatic nitrogens is 1. The van der Waals surface area contributed by atoms with Gasteiger partial charge in [-0.1, -0.05) is 0 Å². The molecule has 1 aromatic rings. The monoisotopic (exact) mass is 335 g/mol. The fourth-order valence-corrected chi connectivity index (χ4v) is 1.92. The number of primary amides is 1. The number of carbonyl (C=O) groups excluding carboxylic acids is 1. The van der Waals surface area contributed by atoms with Crippen molar-refractivity contribution < 1.29 is 29.4 Å². The Morgan fingerprint density at radius 1 is 1.42 bits per heavy atom. The van der Waals surface area contributed by atoms with Crippen molar-refractivity contribution in [3.8, 4) is 0 Å². The van der Waals surface area contributed by atoms with Crippen LogP contribution in [0.1, 0.15) is 16.6 Å². The van der Waals surface area contributed by atoms with E-state index >= 15 is 0 Å². The SMILES string of the molecule is Br.NC(=O)c1ccc[n+]([C@@H]2O[C@H](CO)[C@@H](O)[C@H]2O)c1. The molecule has 0 bridgehead atoms. The Morgan fingerprint density at radius 3 is 2.63 bits per heavy atom. The molecule has 7 nitrogen and oxygen atoms in total. The molecular weight excluding hydrogens is 320 g/mol. The second kappa shape index (κ2) is 6.40. The lowest BCUT2D eigenvalue weighted by Crippen LogP contribution is -2.46. The Bertz CT molecular complexity index is 458. The minimum absolute atomic E-state index is 0. The molecule has 0 aliphatic carbocycles. The van der Waals surface area contributed by atoms with Crippen LogP contribution in [0.25, 0.3) is 0 Å². The Balaban J connectivity index is 0.00000180. The number of nitrogens with zero attached hydrogens (tertiary/aromatic N) is 1. The zero-order valence-corrected chi connectivity index (χ0v) is 11.6. The topological polar surface area (TPSA) is 117 Å². The van der Waals surface area contributed by atoms with Crippen LogP contribution in [0.4, 0.5) is 0 Å². The molecule has 5 N–H and O–H groups in total. The molecule has 8 heteroatoms. The molecule has 1 aliphatic heterocycles. The minimum atomic E-state index is -1.18. The van der Waals surface area contributed by atoms with Gasteiger partial charge in [0.1, 0.15) is 17.8 Å². The van der Waals surface area contributed by atoms with E-state index in [0.29, 0.717) is 0 Å². The van der Waals surface area contributed by atoms with Gasteiger partial charge in [-0.2, -0.15) is 4.57 Å². The molecule has 0 radical (unpaired) electrons. The maximum Gasteiger partial charge on any atom is 0.292 e. The standard InChI is InChI=1S/C11H14N2O5.BrH/c12-10(17)6-2-1-3-13(4-6)11-9(16)8(15)7(5-14)18-11;/h1-4,7-9,11,14-16H,5H2,(H-,12,17);1H/p+1/t7-,8-,9-,11-;/m1./s1. The van der Waals surface area contributed by atoms with Crippen molar-refractivity contribution in [3.63, 3.8) is 0 Å². The summed E-state index contributed by atoms with van der Waals surface area (Å²) >= 11 is 0. The molecule has 0 spiro atoms. The molecule has 1 fully saturated rings. The summed E-state index contributed by atoms with van der Waals surface area (Å²) in [7, 11) is 0. The zero-order chi connectivity index (χ0) is 13.3. The van der Waals surface area contributed by atoms with Crippen LogP contribution in [0.3, 0.4) is 0 Å². The van der Waals surface area contributed by atoms with Gasteiger partial charge in [-0.3, -0.25) is 4.79 Å². The lowest BCUT2D eigenvalue weighted by Gasteiger charge is -2.09. The minimum Gasteiger partial charge on any atom is -0.394 e. The summed E-state index contributed by atoms with van der Waals surface area (Å²) < 4.78 is 6.75. The number of aliphatic hydroxyl groups excluding tert-OH is 3. The highest BCUT2D eigenvalue weighted by Crippen LogP contribution is 2.24. The van der Waals surface area contributed by atoms with Gasteiger partial charge in [0, 0.05) is 6.07 Å². The second-order valence-corrected chi connectivity index (χ2v) is 4.13. The van der Waals surface area contributed by atoms with Gasteiger partial charge in [-0.25, -0.2) is 0 Å². The van der Waals surface area contributed by atoms with E-state index in [2.05, 4.69) is 0 Å². The van der Waals surface area contributed by atoms with Gasteiger partial charge >= 0.3 is 0 Å². The van der Waals surface area contributed by atoms with E-state index in [-0.39, 0.29) is 22.5 Å². The highest BCUT2D eigenvalue weighted by molar-refractivity contribution is 8.93. The average molecular weight is 336 g/mol. The summed E-state index contributed by atoms with van der Waals surface area (Å²) in [6, 6.07) is 3.11. The van der Waals surface area contributed by atoms with Crippen molar-refractivity contribution in [2.24, 2.45) is 5.73 Å². The smallest absolute Gasteiger partial charge is 0.292 e. The highest BCUT2D eigenvalue weighted by atomic mass is 79.9. The number of ether oxygens (including phenoxy) is 1. The van der Waals surface area contributed by atoms with E-state index in [1.165, 1.54) is 16.8 Å². The van der Waals surface area contributed by atoms with Crippen LogP contribution in [0.2, 0.25) is 0 Å². The van der Waals surface area contributed by atoms with Crippen molar-refractivity contribution in [3.05, 3.63) is 30.1 Å². The van der Waals surface area contributed by atoms with Crippen LogP contribution in [0, 0.1) is 0 Å². The van der Waals surface area contributed by atoms with Crippen LogP contribution in [0.5, 0.6) is 0 Å². The summed E-state index contributed by atoms with van der Waals surface area (Å²) in [4.78, 5) is 11.1. The van der Waals surface area contributed by atoms with Crippen molar-refractivity contribution in [2.75, 3.05) is 6.61 Å². The number of aliphatic hydroxyl groups is 3. The van der Waals surface area contributed by atoms with Gasteiger partial charge < -0.3 is 25.8 Å². The summed E-state index contributed by atoms with van der Waals surface area (Å²) in [6.07, 6.45) is -1.08. The van der Waals surface area contributed by atoms with Gasteiger partial charge in [0.2, 0.25) is 0 Å². The Morgan fingerprint density at radius 2 is 2.11 bits per heavy atom. The molecule has 0 unspecified atom stereocenters. The third kappa shape index (κ3) is 3.10. The molecule has 1 saturated heterocycles. The van der Waals surface area contributed by atoms with Crippen LogP contribution in [-0.2, 0) is 4.74 Å². The van der Waals surface area contributed by atoms with Crippen LogP contribution >= 0.6 is 17.0 Å². The predicted molar refractivity (Wildman–Crippen MR) is 68.5 cm³/mol. The molecule has 1 amide bonds. The molecule has 19 heavy (non-hydrogen) atoms. The largest absolute Gasteiger partial charge is 0.394 e. The van der Waals surface area contributed by atoms with E-state index in [9.17, 15) is 15.0 Å². The normalized spacial score (nSPS) is 29.8. The number of hydrogen-bond donors (Lipinski definition) is 4. The van der Waals surface area contributed by atoms with Crippen LogP contribution in [0.15, 0.2) is 24.5 Å². The number of hydrogen-bond acceptors (Lipinski definition) is 5. The number of carbonyl (C=O) groups is 1. The summed E-state index contributed by atoms with van der Waals surface area (Å²) in [5, 5.41) is 28.4. The first-order valence-corrected chi connectivity index (χ1v) is 5.47. The van der Waals surface area contributed by atoms with Gasteiger partial charge in [0.25, 0.3) is 12.1 Å². The summed E-state index contributed by atoms with van der Waals surface area (Å²) in [5.41, 5.74) is 5.41. The Hall–Kier alpha value is -1.06. The number of rotatable bonds is 3. The van der Waals surface area contributed by atoms with E-state index in [0.717, 1.165) is 0 Å². The van der Waals surface area contributed by atoms with E-state index in [1.807, 2.05) is 0 Å². The predicted octanol–water partition coefficient (Wildman–Crippen LogP) is -1.74. The highest BCUT2D eigenvalue weighted by Gasteiger charge is 2.47. The number of nitrogens with two attached hydrogens (primary N) is 1. The summed E-state index contributed by atoms with van der Waals surface area (Å²) in [6.45, 7) is -0.398. The number of pyridine rings is 1. The number of halogens is 1. The summed E-state index contributed by atoms with van der Waals surface area (Å²) in [5.74, 6) is -0.601. The quantitative estimate of drug-likeness (QED) is 0.489. The van der Waals surface area contributed by atoms with Crippen molar-refractivity contribution >= 4 is 22.9 Å². The van der Waals surface area contributed by atoms with Gasteiger partial charge in [0.05, 0.1) is 6.61 Å². The average Bonchev–Trinajstić information content (AvgIpc) is 2.66. The third-order valence-corrected chi connectivity index (χ3v) is 2.92. The molecule has 106 valence electrons. The van der Waals surface area contributed by atoms with E-state index in [4.69, 9.17) is 15.6 Å². The molecular formula is C11H16BrN2O5+. The van der Waals surface area contributed by atoms with Crippen molar-refractivity contribution in [1.29, 1.82) is 0 Å². The first-order valence-electron chi connectivity index (χ1n) is 5.47. The van der Waals surface area contributed by atoms with Crippen molar-refractivity contribution in [2.45, 2.75) is 24.5 Å². The maximum atomic E-state index is 11.1. The van der Waals surface area contributed by atoms with Gasteiger partial charge in [-0.15, -0.1) is 17.0 Å². The van der Waals surface area contributed by atoms with Crippen LogP contribution in [-0.4, -0.2) is 46.1 Å². The molecule has 2 heterocycles. The molecule has 4 atom stereocenters. The van der Waals surface area contributed by atoms with Gasteiger partial charge in [0.15, 0.2) is 18.5 Å². The van der Waals surface area contributed by atoms with Gasteiger partial charge in [-0.05, 0) is 6.07 Å². The molecule has 2 rings (SSSR count). The third-order valence-electron chi connectivity index (χ3n) is 2.92. The maximum absolute atomic E-state index is 11.1. The molecule has 1 aromatic heterocycles.